The molecule has 1 rings (SSSR count). The van der Waals surface area contributed by atoms with E-state index < -0.39 is 11.9 Å². The minimum atomic E-state index is -0.881. The maximum atomic E-state index is 11.6. The molecule has 1 unspecified atom stereocenters. The molecule has 1 aromatic carbocycles. The lowest BCUT2D eigenvalue weighted by Crippen LogP contribution is -2.33. The van der Waals surface area contributed by atoms with Gasteiger partial charge in [-0.3, -0.25) is 9.59 Å². The lowest BCUT2D eigenvalue weighted by molar-refractivity contribution is -0.141. The summed E-state index contributed by atoms with van der Waals surface area (Å²) < 4.78 is 0. The predicted octanol–water partition coefficient (Wildman–Crippen LogP) is 2.66. The van der Waals surface area contributed by atoms with E-state index in [1.165, 1.54) is 11.8 Å². The van der Waals surface area contributed by atoms with Gasteiger partial charge in [0.25, 0.3) is 0 Å². The van der Waals surface area contributed by atoms with Gasteiger partial charge in [0.15, 0.2) is 0 Å². The molecule has 2 N–H and O–H groups in total. The number of hydrogen-bond acceptors (Lipinski definition) is 3. The van der Waals surface area contributed by atoms with E-state index in [-0.39, 0.29) is 18.2 Å². The highest BCUT2D eigenvalue weighted by atomic mass is 35.5. The van der Waals surface area contributed by atoms with Crippen LogP contribution in [0, 0.1) is 5.92 Å². The third-order valence-electron chi connectivity index (χ3n) is 2.57. The first-order chi connectivity index (χ1) is 9.02. The summed E-state index contributed by atoms with van der Waals surface area (Å²) in [5.41, 5.74) is 0. The minimum Gasteiger partial charge on any atom is -0.481 e. The molecule has 0 spiro atoms. The monoisotopic (exact) mass is 301 g/mol. The molecule has 1 amide bonds. The van der Waals surface area contributed by atoms with Crippen LogP contribution in [0.2, 0.25) is 5.02 Å². The summed E-state index contributed by atoms with van der Waals surface area (Å²) in [5.74, 6) is -1.31. The van der Waals surface area contributed by atoms with Gasteiger partial charge in [-0.2, -0.15) is 0 Å². The molecule has 0 bridgehead atoms. The molecule has 0 aromatic heterocycles. The second-order valence-electron chi connectivity index (χ2n) is 3.99. The van der Waals surface area contributed by atoms with Crippen molar-refractivity contribution in [1.29, 1.82) is 0 Å². The highest BCUT2D eigenvalue weighted by molar-refractivity contribution is 8.00. The summed E-state index contributed by atoms with van der Waals surface area (Å²) in [6, 6.07) is 7.21. The van der Waals surface area contributed by atoms with E-state index in [0.29, 0.717) is 11.4 Å². The molecule has 0 aliphatic heterocycles. The summed E-state index contributed by atoms with van der Waals surface area (Å²) in [4.78, 5) is 23.3. The van der Waals surface area contributed by atoms with Crippen LogP contribution in [0.3, 0.4) is 0 Å². The van der Waals surface area contributed by atoms with E-state index in [2.05, 4.69) is 5.32 Å². The summed E-state index contributed by atoms with van der Waals surface area (Å²) in [7, 11) is 0. The SMILES string of the molecule is CCC(CNC(=O)CSc1ccc(Cl)cc1)C(=O)O. The second kappa shape index (κ2) is 8.07. The van der Waals surface area contributed by atoms with Crippen LogP contribution in [0.4, 0.5) is 0 Å². The number of aliphatic carboxylic acids is 1. The average molecular weight is 302 g/mol. The van der Waals surface area contributed by atoms with E-state index in [0.717, 1.165) is 4.90 Å². The Labute approximate surface area is 121 Å². The lowest BCUT2D eigenvalue weighted by atomic mass is 10.1. The maximum Gasteiger partial charge on any atom is 0.308 e. The fraction of sp³-hybridized carbons (Fsp3) is 0.385. The number of carbonyl (C=O) groups excluding carboxylic acids is 1. The molecule has 1 aromatic rings. The zero-order valence-electron chi connectivity index (χ0n) is 10.6. The number of hydrogen-bond donors (Lipinski definition) is 2. The van der Waals surface area contributed by atoms with Crippen LogP contribution in [0.25, 0.3) is 0 Å². The molecule has 0 aliphatic rings. The maximum absolute atomic E-state index is 11.6. The van der Waals surface area contributed by atoms with Crippen LogP contribution in [0.1, 0.15) is 13.3 Å². The van der Waals surface area contributed by atoms with Crippen LogP contribution in [0.5, 0.6) is 0 Å². The van der Waals surface area contributed by atoms with E-state index in [9.17, 15) is 9.59 Å². The average Bonchev–Trinajstić information content (AvgIpc) is 2.38. The van der Waals surface area contributed by atoms with Gasteiger partial charge in [0.05, 0.1) is 11.7 Å². The van der Waals surface area contributed by atoms with Gasteiger partial charge < -0.3 is 10.4 Å². The van der Waals surface area contributed by atoms with E-state index in [4.69, 9.17) is 16.7 Å². The largest absolute Gasteiger partial charge is 0.481 e. The number of benzene rings is 1. The van der Waals surface area contributed by atoms with Gasteiger partial charge in [-0.25, -0.2) is 0 Å². The zero-order chi connectivity index (χ0) is 14.3. The van der Waals surface area contributed by atoms with Crippen LogP contribution in [-0.2, 0) is 9.59 Å². The second-order valence-corrected chi connectivity index (χ2v) is 5.48. The van der Waals surface area contributed by atoms with Crippen molar-refractivity contribution in [3.05, 3.63) is 29.3 Å². The fourth-order valence-electron chi connectivity index (χ4n) is 1.37. The molecule has 0 saturated carbocycles. The molecule has 0 heterocycles. The summed E-state index contributed by atoms with van der Waals surface area (Å²) >= 11 is 7.15. The van der Waals surface area contributed by atoms with Crippen molar-refractivity contribution in [2.45, 2.75) is 18.2 Å². The summed E-state index contributed by atoms with van der Waals surface area (Å²) in [6.45, 7) is 1.96. The number of carboxylic acids is 1. The minimum absolute atomic E-state index is 0.167. The first kappa shape index (κ1) is 15.9. The molecular formula is C13H16ClNO3S. The molecular weight excluding hydrogens is 286 g/mol. The highest BCUT2D eigenvalue weighted by Crippen LogP contribution is 2.19. The molecule has 104 valence electrons. The van der Waals surface area contributed by atoms with Gasteiger partial charge in [0, 0.05) is 16.5 Å². The van der Waals surface area contributed by atoms with Crippen molar-refractivity contribution in [3.8, 4) is 0 Å². The molecule has 1 atom stereocenters. The van der Waals surface area contributed by atoms with E-state index >= 15 is 0 Å². The number of rotatable bonds is 7. The molecule has 0 fully saturated rings. The van der Waals surface area contributed by atoms with Crippen molar-refractivity contribution in [2.75, 3.05) is 12.3 Å². The topological polar surface area (TPSA) is 66.4 Å². The first-order valence-electron chi connectivity index (χ1n) is 5.90. The van der Waals surface area contributed by atoms with Crippen molar-refractivity contribution in [2.24, 2.45) is 5.92 Å². The molecule has 19 heavy (non-hydrogen) atoms. The Balaban J connectivity index is 2.31. The number of nitrogens with one attached hydrogen (secondary N) is 1. The van der Waals surface area contributed by atoms with Gasteiger partial charge in [-0.15, -0.1) is 11.8 Å². The molecule has 0 aliphatic carbocycles. The molecule has 0 saturated heterocycles. The Kier molecular flexibility index (Phi) is 6.73. The van der Waals surface area contributed by atoms with Crippen LogP contribution in [0.15, 0.2) is 29.2 Å². The molecule has 6 heteroatoms. The Morgan fingerprint density at radius 2 is 2.00 bits per heavy atom. The van der Waals surface area contributed by atoms with Crippen molar-refractivity contribution in [1.82, 2.24) is 5.32 Å². The van der Waals surface area contributed by atoms with Gasteiger partial charge in [-0.05, 0) is 30.7 Å². The predicted molar refractivity (Wildman–Crippen MR) is 76.6 cm³/mol. The van der Waals surface area contributed by atoms with Crippen LogP contribution < -0.4 is 5.32 Å². The molecule has 4 nitrogen and oxygen atoms in total. The number of thioether (sulfide) groups is 1. The quantitative estimate of drug-likeness (QED) is 0.760. The zero-order valence-corrected chi connectivity index (χ0v) is 12.1. The number of amides is 1. The Hall–Kier alpha value is -1.20. The fourth-order valence-corrected chi connectivity index (χ4v) is 2.23. The van der Waals surface area contributed by atoms with Gasteiger partial charge in [-0.1, -0.05) is 18.5 Å². The highest BCUT2D eigenvalue weighted by Gasteiger charge is 2.15. The van der Waals surface area contributed by atoms with Gasteiger partial charge in [0.2, 0.25) is 5.91 Å². The van der Waals surface area contributed by atoms with Crippen LogP contribution in [-0.4, -0.2) is 29.3 Å². The lowest BCUT2D eigenvalue weighted by Gasteiger charge is -2.10. The summed E-state index contributed by atoms with van der Waals surface area (Å²) in [5, 5.41) is 12.1. The Bertz CT molecular complexity index is 436. The smallest absolute Gasteiger partial charge is 0.308 e. The van der Waals surface area contributed by atoms with E-state index in [1.54, 1.807) is 19.1 Å². The van der Waals surface area contributed by atoms with Crippen molar-refractivity contribution >= 4 is 35.2 Å². The van der Waals surface area contributed by atoms with E-state index in [1.807, 2.05) is 12.1 Å². The number of halogens is 1. The normalized spacial score (nSPS) is 11.9. The van der Waals surface area contributed by atoms with Crippen molar-refractivity contribution in [3.63, 3.8) is 0 Å². The van der Waals surface area contributed by atoms with Crippen molar-refractivity contribution < 1.29 is 14.7 Å². The third kappa shape index (κ3) is 5.98. The Morgan fingerprint density at radius 3 is 2.53 bits per heavy atom. The first-order valence-corrected chi connectivity index (χ1v) is 7.27. The third-order valence-corrected chi connectivity index (χ3v) is 3.84. The molecule has 0 radical (unpaired) electrons. The van der Waals surface area contributed by atoms with Gasteiger partial charge >= 0.3 is 5.97 Å². The Morgan fingerprint density at radius 1 is 1.37 bits per heavy atom. The van der Waals surface area contributed by atoms with Gasteiger partial charge in [0.1, 0.15) is 0 Å². The van der Waals surface area contributed by atoms with Crippen LogP contribution >= 0.6 is 23.4 Å². The number of carbonyl (C=O) groups is 2. The number of carboxylic acid groups (broad SMARTS) is 1. The standard InChI is InChI=1S/C13H16ClNO3S/c1-2-9(13(17)18)7-15-12(16)8-19-11-5-3-10(14)4-6-11/h3-6,9H,2,7-8H2,1H3,(H,15,16)(H,17,18). The summed E-state index contributed by atoms with van der Waals surface area (Å²) in [6.07, 6.45) is 0.500.